The maximum atomic E-state index is 14.7. The van der Waals surface area contributed by atoms with Crippen LogP contribution in [0.5, 0.6) is 0 Å². The lowest BCUT2D eigenvalue weighted by Crippen LogP contribution is -2.23. The smallest absolute Gasteiger partial charge is 0.307 e. The molecule has 0 unspecified atom stereocenters. The van der Waals surface area contributed by atoms with Crippen molar-refractivity contribution in [2.24, 2.45) is 0 Å². The van der Waals surface area contributed by atoms with Gasteiger partial charge in [-0.05, 0) is 53.7 Å². The summed E-state index contributed by atoms with van der Waals surface area (Å²) < 4.78 is 32.5. The molecular formula is C20H14ClF2N3O2S2. The van der Waals surface area contributed by atoms with E-state index in [2.05, 4.69) is 23.2 Å². The lowest BCUT2D eigenvalue weighted by atomic mass is 10.1. The predicted octanol–water partition coefficient (Wildman–Crippen LogP) is 5.95. The number of hydrogen-bond donors (Lipinski definition) is 2. The highest BCUT2D eigenvalue weighted by Crippen LogP contribution is 2.31. The summed E-state index contributed by atoms with van der Waals surface area (Å²) in [5.41, 5.74) is -0.413. The van der Waals surface area contributed by atoms with E-state index in [0.717, 1.165) is 40.4 Å². The summed E-state index contributed by atoms with van der Waals surface area (Å²) in [6.07, 6.45) is 1.41. The number of anilines is 1. The number of nitrogens with zero attached hydrogens (tertiary/aromatic N) is 1. The molecule has 1 heterocycles. The van der Waals surface area contributed by atoms with E-state index in [1.165, 1.54) is 30.5 Å². The van der Waals surface area contributed by atoms with Gasteiger partial charge in [0.2, 0.25) is 0 Å². The number of halogens is 3. The highest BCUT2D eigenvalue weighted by atomic mass is 35.5. The number of amides is 2. The van der Waals surface area contributed by atoms with Crippen molar-refractivity contribution in [3.05, 3.63) is 92.4 Å². The van der Waals surface area contributed by atoms with Crippen LogP contribution < -0.4 is 15.6 Å². The summed E-state index contributed by atoms with van der Waals surface area (Å²) in [6, 6.07) is 8.68. The molecule has 0 aliphatic carbocycles. The first-order chi connectivity index (χ1) is 14.2. The lowest BCUT2D eigenvalue weighted by molar-refractivity contribution is 0.257. The van der Waals surface area contributed by atoms with Crippen LogP contribution in [0.25, 0.3) is 16.5 Å². The molecule has 3 rings (SSSR count). The van der Waals surface area contributed by atoms with Crippen LogP contribution in [0.1, 0.15) is 0 Å². The van der Waals surface area contributed by atoms with Gasteiger partial charge in [0.1, 0.15) is 11.6 Å². The number of fused-ring (bicyclic) bond motifs is 1. The van der Waals surface area contributed by atoms with Gasteiger partial charge in [-0.1, -0.05) is 42.6 Å². The van der Waals surface area contributed by atoms with E-state index in [1.807, 2.05) is 0 Å². The van der Waals surface area contributed by atoms with Crippen LogP contribution in [0, 0.1) is 11.6 Å². The normalized spacial score (nSPS) is 10.6. The van der Waals surface area contributed by atoms with Gasteiger partial charge in [-0.2, -0.15) is 0 Å². The Morgan fingerprint density at radius 3 is 2.57 bits per heavy atom. The summed E-state index contributed by atoms with van der Waals surface area (Å²) in [7, 11) is 0. The Hall–Kier alpha value is -2.75. The quantitative estimate of drug-likeness (QED) is 0.441. The van der Waals surface area contributed by atoms with Gasteiger partial charge in [0.05, 0.1) is 19.7 Å². The second kappa shape index (κ2) is 9.38. The monoisotopic (exact) mass is 465 g/mol. The molecule has 2 amide bonds. The molecule has 0 bridgehead atoms. The first-order valence-electron chi connectivity index (χ1n) is 8.30. The van der Waals surface area contributed by atoms with E-state index in [-0.39, 0.29) is 16.8 Å². The number of aromatic nitrogens is 1. The van der Waals surface area contributed by atoms with Gasteiger partial charge < -0.3 is 5.32 Å². The van der Waals surface area contributed by atoms with E-state index in [0.29, 0.717) is 14.0 Å². The Bertz CT molecular complexity index is 1230. The molecule has 0 aliphatic heterocycles. The number of rotatable bonds is 6. The van der Waals surface area contributed by atoms with E-state index in [9.17, 15) is 18.4 Å². The molecule has 3 aromatic rings. The zero-order valence-electron chi connectivity index (χ0n) is 15.2. The van der Waals surface area contributed by atoms with E-state index in [1.54, 1.807) is 6.07 Å². The van der Waals surface area contributed by atoms with Gasteiger partial charge in [-0.15, -0.1) is 0 Å². The molecule has 30 heavy (non-hydrogen) atoms. The fraction of sp³-hybridized carbons (Fsp3) is 0. The molecule has 10 heteroatoms. The van der Waals surface area contributed by atoms with Crippen molar-refractivity contribution in [2.75, 3.05) is 5.32 Å². The summed E-state index contributed by atoms with van der Waals surface area (Å²) in [6.45, 7) is 7.19. The minimum Gasteiger partial charge on any atom is -0.307 e. The van der Waals surface area contributed by atoms with Crippen LogP contribution >= 0.6 is 35.3 Å². The first-order valence-corrected chi connectivity index (χ1v) is 10.3. The number of hydrogen-bond acceptors (Lipinski definition) is 4. The van der Waals surface area contributed by atoms with Crippen molar-refractivity contribution in [2.45, 2.75) is 0 Å². The van der Waals surface area contributed by atoms with Crippen LogP contribution in [0.4, 0.5) is 19.3 Å². The molecule has 0 saturated heterocycles. The average Bonchev–Trinajstić information content (AvgIpc) is 2.67. The van der Waals surface area contributed by atoms with Crippen LogP contribution in [-0.2, 0) is 0 Å². The van der Waals surface area contributed by atoms with Crippen LogP contribution in [-0.4, -0.2) is 10.6 Å². The molecule has 2 aromatic carbocycles. The Morgan fingerprint density at radius 2 is 1.87 bits per heavy atom. The van der Waals surface area contributed by atoms with Crippen molar-refractivity contribution in [1.29, 1.82) is 0 Å². The van der Waals surface area contributed by atoms with E-state index in [4.69, 9.17) is 11.6 Å². The number of benzene rings is 2. The molecule has 154 valence electrons. The van der Waals surface area contributed by atoms with Crippen molar-refractivity contribution in [1.82, 2.24) is 9.29 Å². The molecule has 0 fully saturated rings. The van der Waals surface area contributed by atoms with E-state index < -0.39 is 23.2 Å². The zero-order chi connectivity index (χ0) is 21.8. The van der Waals surface area contributed by atoms with Gasteiger partial charge in [0.15, 0.2) is 0 Å². The predicted molar refractivity (Wildman–Crippen MR) is 121 cm³/mol. The fourth-order valence-corrected chi connectivity index (χ4v) is 4.10. The number of urea groups is 1. The van der Waals surface area contributed by atoms with Gasteiger partial charge in [0, 0.05) is 11.9 Å². The second-order valence-electron chi connectivity index (χ2n) is 5.88. The van der Waals surface area contributed by atoms with Gasteiger partial charge in [-0.25, -0.2) is 13.6 Å². The number of carbonyl (C=O) groups excluding carboxylic acids is 1. The third-order valence-corrected chi connectivity index (χ3v) is 5.51. The van der Waals surface area contributed by atoms with Gasteiger partial charge >= 0.3 is 6.03 Å². The first kappa shape index (κ1) is 21.9. The highest BCUT2D eigenvalue weighted by molar-refractivity contribution is 8.24. The molecule has 2 N–H and O–H groups in total. The molecular weight excluding hydrogens is 452 g/mol. The Kier molecular flexibility index (Phi) is 6.86. The van der Waals surface area contributed by atoms with Crippen molar-refractivity contribution in [3.8, 4) is 5.69 Å². The minimum absolute atomic E-state index is 0.0307. The van der Waals surface area contributed by atoms with Crippen molar-refractivity contribution < 1.29 is 13.6 Å². The zero-order valence-corrected chi connectivity index (χ0v) is 17.6. The fourth-order valence-electron chi connectivity index (χ4n) is 2.59. The van der Waals surface area contributed by atoms with Crippen molar-refractivity contribution in [3.63, 3.8) is 0 Å². The van der Waals surface area contributed by atoms with Crippen LogP contribution in [0.15, 0.2) is 75.2 Å². The number of nitrogens with one attached hydrogen (secondary N) is 2. The number of thioether (sulfide) groups is 1. The maximum absolute atomic E-state index is 14.7. The third-order valence-electron chi connectivity index (χ3n) is 3.81. The Balaban J connectivity index is 1.77. The maximum Gasteiger partial charge on any atom is 0.329 e. The van der Waals surface area contributed by atoms with Gasteiger partial charge in [0.25, 0.3) is 5.56 Å². The number of carbonyl (C=O) groups is 1. The molecule has 0 spiro atoms. The van der Waals surface area contributed by atoms with Gasteiger partial charge in [-0.3, -0.25) is 14.1 Å². The number of pyridine rings is 1. The summed E-state index contributed by atoms with van der Waals surface area (Å²) in [5, 5.41) is 3.15. The molecule has 0 aliphatic rings. The topological polar surface area (TPSA) is 63.1 Å². The summed E-state index contributed by atoms with van der Waals surface area (Å²) in [4.78, 5) is 24.6. The SMILES string of the molecule is C=C(Cl)SC(=C)SNC(=O)Nc1ccc(-n2ccc3ccc(F)cc3c2=O)c(F)c1. The van der Waals surface area contributed by atoms with E-state index >= 15 is 0 Å². The molecule has 5 nitrogen and oxygen atoms in total. The molecule has 1 aromatic heterocycles. The van der Waals surface area contributed by atoms with Crippen molar-refractivity contribution >= 4 is 57.8 Å². The molecule has 0 atom stereocenters. The third kappa shape index (κ3) is 5.24. The minimum atomic E-state index is -0.739. The van der Waals surface area contributed by atoms with Crippen LogP contribution in [0.2, 0.25) is 0 Å². The summed E-state index contributed by atoms with van der Waals surface area (Å²) in [5.74, 6) is -1.30. The molecule has 0 radical (unpaired) electrons. The highest BCUT2D eigenvalue weighted by Gasteiger charge is 2.12. The standard InChI is InChI=1S/C20H14ClF2N3O2S2/c1-11(21)29-12(2)30-25-20(28)24-15-5-6-18(17(23)10-15)26-8-7-13-3-4-14(22)9-16(13)19(26)27/h3-10H,1-2H2,(H2,24,25,28). The molecule has 0 saturated carbocycles. The lowest BCUT2D eigenvalue weighted by Gasteiger charge is -2.11. The largest absolute Gasteiger partial charge is 0.329 e. The average molecular weight is 466 g/mol. The Labute approximate surface area is 183 Å². The summed E-state index contributed by atoms with van der Waals surface area (Å²) >= 11 is 7.65. The Morgan fingerprint density at radius 1 is 1.10 bits per heavy atom. The van der Waals surface area contributed by atoms with Crippen LogP contribution in [0.3, 0.4) is 0 Å². The second-order valence-corrected chi connectivity index (χ2v) is 8.91.